The van der Waals surface area contributed by atoms with Crippen molar-refractivity contribution in [1.29, 1.82) is 0 Å². The van der Waals surface area contributed by atoms with Gasteiger partial charge in [0, 0.05) is 39.5 Å². The first-order chi connectivity index (χ1) is 18.9. The molecule has 1 N–H and O–H groups in total. The third-order valence-electron chi connectivity index (χ3n) is 5.50. The highest BCUT2D eigenvalue weighted by molar-refractivity contribution is 6.30. The summed E-state index contributed by atoms with van der Waals surface area (Å²) in [5, 5.41) is 10.5. The molecule has 0 amide bonds. The molecule has 0 aliphatic heterocycles. The van der Waals surface area contributed by atoms with Crippen LogP contribution in [0.2, 0.25) is 5.02 Å². The molecule has 0 spiro atoms. The average Bonchev–Trinajstić information content (AvgIpc) is 3.19. The van der Waals surface area contributed by atoms with Crippen molar-refractivity contribution in [2.45, 2.75) is 53.5 Å². The molecule has 0 bridgehead atoms. The van der Waals surface area contributed by atoms with E-state index in [1.54, 1.807) is 42.7 Å². The Labute approximate surface area is 235 Å². The van der Waals surface area contributed by atoms with E-state index in [2.05, 4.69) is 4.74 Å². The summed E-state index contributed by atoms with van der Waals surface area (Å²) in [6.07, 6.45) is -5.65. The fraction of sp³-hybridized carbons (Fsp3) is 0.267. The standard InChI is InChI=1S/C22H20F3NO5.C6H5Cl.C2H6/c1-4-19(21(28)29)30-15-7-5-6-14(10-15)26-12(2)20(13(3)27)17-9-8-16(11-18(17)26)31-22(23,24)25;7-6-4-2-1-3-5-6;1-2/h5-11,19H,4H2,1-3H3,(H,28,29);1-5H;1-2H3/t19-;;/m1../s1. The highest BCUT2D eigenvalue weighted by atomic mass is 35.5. The van der Waals surface area contributed by atoms with Gasteiger partial charge in [0.05, 0.1) is 5.52 Å². The van der Waals surface area contributed by atoms with E-state index in [9.17, 15) is 27.9 Å². The van der Waals surface area contributed by atoms with E-state index in [1.165, 1.54) is 19.1 Å². The number of nitrogens with zero attached hydrogens (tertiary/aromatic N) is 1. The number of ether oxygens (including phenoxy) is 2. The Morgan fingerprint density at radius 1 is 0.975 bits per heavy atom. The number of fused-ring (bicyclic) bond motifs is 1. The van der Waals surface area contributed by atoms with Crippen LogP contribution in [0.15, 0.2) is 72.8 Å². The predicted molar refractivity (Wildman–Crippen MR) is 150 cm³/mol. The summed E-state index contributed by atoms with van der Waals surface area (Å²) in [6.45, 7) is 8.73. The molecule has 0 aliphatic rings. The Morgan fingerprint density at radius 3 is 2.12 bits per heavy atom. The third-order valence-corrected chi connectivity index (χ3v) is 5.75. The molecule has 0 fully saturated rings. The van der Waals surface area contributed by atoms with Crippen LogP contribution in [0.5, 0.6) is 11.5 Å². The monoisotopic (exact) mass is 577 g/mol. The Bertz CT molecular complexity index is 1430. The first-order valence-electron chi connectivity index (χ1n) is 12.5. The van der Waals surface area contributed by atoms with E-state index in [4.69, 9.17) is 16.3 Å². The maximum Gasteiger partial charge on any atom is 0.573 e. The van der Waals surface area contributed by atoms with E-state index in [0.717, 1.165) is 11.1 Å². The number of carbonyl (C=O) groups excluding carboxylic acids is 1. The highest BCUT2D eigenvalue weighted by Gasteiger charge is 2.31. The smallest absolute Gasteiger partial charge is 0.479 e. The van der Waals surface area contributed by atoms with Crippen molar-refractivity contribution in [3.8, 4) is 17.2 Å². The molecular weight excluding hydrogens is 547 g/mol. The Hall–Kier alpha value is -3.98. The number of carboxylic acid groups (broad SMARTS) is 1. The first-order valence-corrected chi connectivity index (χ1v) is 12.9. The average molecular weight is 578 g/mol. The molecule has 0 radical (unpaired) electrons. The number of hydrogen-bond acceptors (Lipinski definition) is 4. The second-order valence-electron chi connectivity index (χ2n) is 8.22. The molecule has 10 heteroatoms. The lowest BCUT2D eigenvalue weighted by molar-refractivity contribution is -0.274. The molecule has 1 atom stereocenters. The molecule has 214 valence electrons. The zero-order valence-corrected chi connectivity index (χ0v) is 23.5. The fourth-order valence-corrected chi connectivity index (χ4v) is 4.10. The van der Waals surface area contributed by atoms with Gasteiger partial charge >= 0.3 is 12.3 Å². The van der Waals surface area contributed by atoms with Gasteiger partial charge in [-0.15, -0.1) is 13.2 Å². The van der Waals surface area contributed by atoms with Gasteiger partial charge in [0.1, 0.15) is 11.5 Å². The second-order valence-corrected chi connectivity index (χ2v) is 8.66. The minimum Gasteiger partial charge on any atom is -0.479 e. The molecule has 0 saturated carbocycles. The Kier molecular flexibility index (Phi) is 11.6. The van der Waals surface area contributed by atoms with Crippen LogP contribution in [-0.2, 0) is 4.79 Å². The maximum absolute atomic E-state index is 12.7. The fourth-order valence-electron chi connectivity index (χ4n) is 3.95. The third kappa shape index (κ3) is 8.51. The van der Waals surface area contributed by atoms with Crippen molar-refractivity contribution in [2.75, 3.05) is 0 Å². The van der Waals surface area contributed by atoms with Gasteiger partial charge in [-0.25, -0.2) is 4.79 Å². The van der Waals surface area contributed by atoms with Crippen LogP contribution in [-0.4, -0.2) is 33.9 Å². The summed E-state index contributed by atoms with van der Waals surface area (Å²) in [4.78, 5) is 23.5. The first kappa shape index (κ1) is 32.2. The summed E-state index contributed by atoms with van der Waals surface area (Å²) >= 11 is 5.54. The van der Waals surface area contributed by atoms with Crippen molar-refractivity contribution in [2.24, 2.45) is 0 Å². The topological polar surface area (TPSA) is 77.8 Å². The van der Waals surface area contributed by atoms with E-state index in [0.29, 0.717) is 27.8 Å². The van der Waals surface area contributed by atoms with Crippen molar-refractivity contribution >= 4 is 34.3 Å². The number of aromatic nitrogens is 1. The lowest BCUT2D eigenvalue weighted by Crippen LogP contribution is -2.25. The van der Waals surface area contributed by atoms with Crippen LogP contribution in [0.25, 0.3) is 16.6 Å². The van der Waals surface area contributed by atoms with Crippen LogP contribution in [0.4, 0.5) is 13.2 Å². The van der Waals surface area contributed by atoms with Gasteiger partial charge in [-0.05, 0) is 56.7 Å². The van der Waals surface area contributed by atoms with Gasteiger partial charge < -0.3 is 19.1 Å². The number of hydrogen-bond donors (Lipinski definition) is 1. The van der Waals surface area contributed by atoms with Crippen molar-refractivity contribution in [1.82, 2.24) is 4.57 Å². The molecule has 0 saturated heterocycles. The molecular formula is C30H31ClF3NO5. The summed E-state index contributed by atoms with van der Waals surface area (Å²) < 4.78 is 49.3. The SMILES string of the molecule is CC.CC[C@@H](Oc1cccc(-n2c(C)c(C(C)=O)c3ccc(OC(F)(F)F)cc32)c1)C(=O)O.Clc1ccccc1. The molecule has 3 aromatic carbocycles. The number of Topliss-reactive ketones (excluding diaryl/α,β-unsaturated/α-hetero) is 1. The minimum absolute atomic E-state index is 0.241. The number of benzene rings is 3. The van der Waals surface area contributed by atoms with Crippen molar-refractivity contribution < 1.29 is 37.3 Å². The number of carbonyl (C=O) groups is 2. The van der Waals surface area contributed by atoms with E-state index in [1.807, 2.05) is 44.2 Å². The minimum atomic E-state index is -4.86. The van der Waals surface area contributed by atoms with E-state index in [-0.39, 0.29) is 18.0 Å². The lowest BCUT2D eigenvalue weighted by Gasteiger charge is -2.15. The number of aliphatic carboxylic acids is 1. The zero-order chi connectivity index (χ0) is 30.0. The molecule has 0 aliphatic carbocycles. The van der Waals surface area contributed by atoms with E-state index >= 15 is 0 Å². The van der Waals surface area contributed by atoms with Crippen LogP contribution < -0.4 is 9.47 Å². The Morgan fingerprint density at radius 2 is 1.62 bits per heavy atom. The quantitative estimate of drug-likeness (QED) is 0.222. The molecule has 1 aromatic heterocycles. The Balaban J connectivity index is 0.000000534. The molecule has 6 nitrogen and oxygen atoms in total. The largest absolute Gasteiger partial charge is 0.573 e. The number of halogens is 4. The normalized spacial score (nSPS) is 11.4. The van der Waals surface area contributed by atoms with Gasteiger partial charge in [0.2, 0.25) is 0 Å². The van der Waals surface area contributed by atoms with Gasteiger partial charge in [-0.2, -0.15) is 0 Å². The summed E-state index contributed by atoms with van der Waals surface area (Å²) in [7, 11) is 0. The molecule has 4 aromatic rings. The number of ketones is 1. The van der Waals surface area contributed by atoms with Crippen LogP contribution in [0.3, 0.4) is 0 Å². The van der Waals surface area contributed by atoms with Gasteiger partial charge in [0.25, 0.3) is 0 Å². The van der Waals surface area contributed by atoms with Gasteiger partial charge in [0.15, 0.2) is 11.9 Å². The highest BCUT2D eigenvalue weighted by Crippen LogP contribution is 2.34. The lowest BCUT2D eigenvalue weighted by atomic mass is 10.1. The second kappa shape index (κ2) is 14.4. The van der Waals surface area contributed by atoms with Gasteiger partial charge in [-0.1, -0.05) is 56.6 Å². The van der Waals surface area contributed by atoms with Crippen LogP contribution >= 0.6 is 11.6 Å². The van der Waals surface area contributed by atoms with Crippen LogP contribution in [0, 0.1) is 6.92 Å². The summed E-state index contributed by atoms with van der Waals surface area (Å²) in [6, 6.07) is 19.7. The molecule has 1 heterocycles. The maximum atomic E-state index is 12.7. The van der Waals surface area contributed by atoms with Crippen molar-refractivity contribution in [3.05, 3.63) is 89.1 Å². The molecule has 0 unspecified atom stereocenters. The number of alkyl halides is 3. The molecule has 40 heavy (non-hydrogen) atoms. The molecule has 4 rings (SSSR count). The number of carboxylic acids is 1. The predicted octanol–water partition coefficient (Wildman–Crippen LogP) is 8.65. The van der Waals surface area contributed by atoms with Gasteiger partial charge in [-0.3, -0.25) is 4.79 Å². The van der Waals surface area contributed by atoms with Crippen molar-refractivity contribution in [3.63, 3.8) is 0 Å². The summed E-state index contributed by atoms with van der Waals surface area (Å²) in [5.41, 5.74) is 1.73. The zero-order valence-electron chi connectivity index (χ0n) is 22.8. The van der Waals surface area contributed by atoms with E-state index < -0.39 is 24.2 Å². The number of rotatable bonds is 7. The summed E-state index contributed by atoms with van der Waals surface area (Å²) in [5.74, 6) is -1.49. The van der Waals surface area contributed by atoms with Crippen LogP contribution in [0.1, 0.15) is 50.2 Å².